The summed E-state index contributed by atoms with van der Waals surface area (Å²) in [6, 6.07) is 15.0. The van der Waals surface area contributed by atoms with Crippen molar-refractivity contribution in [1.29, 1.82) is 0 Å². The normalized spacial score (nSPS) is 22.3. The van der Waals surface area contributed by atoms with E-state index in [-0.39, 0.29) is 49.2 Å². The van der Waals surface area contributed by atoms with E-state index in [9.17, 15) is 18.8 Å². The molecule has 0 bridgehead atoms. The van der Waals surface area contributed by atoms with E-state index in [0.717, 1.165) is 11.1 Å². The fourth-order valence-electron chi connectivity index (χ4n) is 5.62. The van der Waals surface area contributed by atoms with Crippen molar-refractivity contribution in [3.8, 4) is 0 Å². The summed E-state index contributed by atoms with van der Waals surface area (Å²) in [4.78, 5) is 44.0. The molecule has 0 aliphatic carbocycles. The van der Waals surface area contributed by atoms with Crippen molar-refractivity contribution in [2.24, 2.45) is 5.41 Å². The average Bonchev–Trinajstić information content (AvgIpc) is 3.18. The van der Waals surface area contributed by atoms with Crippen molar-refractivity contribution >= 4 is 17.7 Å². The molecule has 2 N–H and O–H groups in total. The van der Waals surface area contributed by atoms with Crippen molar-refractivity contribution in [1.82, 2.24) is 20.4 Å². The molecule has 2 heterocycles. The molecule has 3 atom stereocenters. The molecule has 2 saturated heterocycles. The van der Waals surface area contributed by atoms with Gasteiger partial charge in [-0.05, 0) is 57.0 Å². The van der Waals surface area contributed by atoms with Crippen LogP contribution in [0.4, 0.5) is 4.39 Å². The maximum absolute atomic E-state index is 13.9. The molecule has 4 rings (SSSR count). The van der Waals surface area contributed by atoms with Gasteiger partial charge in [-0.3, -0.25) is 14.4 Å². The van der Waals surface area contributed by atoms with Crippen LogP contribution in [-0.4, -0.2) is 79.4 Å². The molecular weight excluding hydrogens is 499 g/mol. The van der Waals surface area contributed by atoms with E-state index >= 15 is 0 Å². The number of halogens is 1. The minimum atomic E-state index is -0.940. The maximum Gasteiger partial charge on any atom is 0.247 e. The summed E-state index contributed by atoms with van der Waals surface area (Å²) >= 11 is 0. The van der Waals surface area contributed by atoms with Gasteiger partial charge in [-0.15, -0.1) is 0 Å². The van der Waals surface area contributed by atoms with Crippen molar-refractivity contribution in [3.63, 3.8) is 0 Å². The largest absolute Gasteiger partial charge is 0.374 e. The number of carbonyl (C=O) groups is 3. The molecule has 1 spiro atoms. The third kappa shape index (κ3) is 6.15. The molecule has 2 aliphatic heterocycles. The molecule has 2 aromatic rings. The van der Waals surface area contributed by atoms with Gasteiger partial charge >= 0.3 is 0 Å². The monoisotopic (exact) mass is 538 g/mol. The third-order valence-corrected chi connectivity index (χ3v) is 8.20. The summed E-state index contributed by atoms with van der Waals surface area (Å²) in [5.41, 5.74) is 0.235. The maximum atomic E-state index is 13.9. The predicted octanol–water partition coefficient (Wildman–Crippen LogP) is 2.69. The Hall–Kier alpha value is -3.30. The molecular formula is C30H39FN4O4. The lowest BCUT2D eigenvalue weighted by molar-refractivity contribution is -0.147. The smallest absolute Gasteiger partial charge is 0.247 e. The van der Waals surface area contributed by atoms with Gasteiger partial charge < -0.3 is 25.2 Å². The van der Waals surface area contributed by atoms with E-state index in [4.69, 9.17) is 4.74 Å². The van der Waals surface area contributed by atoms with E-state index in [1.54, 1.807) is 42.8 Å². The first-order chi connectivity index (χ1) is 18.6. The summed E-state index contributed by atoms with van der Waals surface area (Å²) < 4.78 is 19.1. The zero-order valence-electron chi connectivity index (χ0n) is 23.2. The predicted molar refractivity (Wildman–Crippen MR) is 146 cm³/mol. The lowest BCUT2D eigenvalue weighted by Crippen LogP contribution is -2.60. The van der Waals surface area contributed by atoms with Crippen LogP contribution in [0.3, 0.4) is 0 Å². The van der Waals surface area contributed by atoms with Gasteiger partial charge in [0.25, 0.3) is 0 Å². The first-order valence-corrected chi connectivity index (χ1v) is 13.5. The Kier molecular flexibility index (Phi) is 8.71. The number of benzene rings is 2. The summed E-state index contributed by atoms with van der Waals surface area (Å²) in [5, 5.41) is 5.83. The van der Waals surface area contributed by atoms with Crippen LogP contribution < -0.4 is 10.6 Å². The van der Waals surface area contributed by atoms with Gasteiger partial charge in [-0.25, -0.2) is 4.39 Å². The number of piperidine rings is 1. The van der Waals surface area contributed by atoms with E-state index < -0.39 is 17.0 Å². The molecule has 210 valence electrons. The number of nitrogens with zero attached hydrogens (tertiary/aromatic N) is 2. The highest BCUT2D eigenvalue weighted by Gasteiger charge is 2.55. The Morgan fingerprint density at radius 2 is 1.85 bits per heavy atom. The number of hydrogen-bond acceptors (Lipinski definition) is 5. The Morgan fingerprint density at radius 3 is 2.51 bits per heavy atom. The van der Waals surface area contributed by atoms with Gasteiger partial charge in [0.1, 0.15) is 11.9 Å². The summed E-state index contributed by atoms with van der Waals surface area (Å²) in [7, 11) is 3.50. The number of likely N-dealkylation sites (tertiary alicyclic amines) is 2. The standard InChI is InChI=1S/C30H39FN4O4/c1-29(2,32-3)27(37)33-25(19-39-18-21-11-13-23(31)14-12-21)26(36)35-16-8-15-30(20-35)24(17-34(4)28(30)38)22-9-6-5-7-10-22/h5-7,9-14,24-25,32H,8,15-20H2,1-4H3,(H,33,37). The number of nitrogens with one attached hydrogen (secondary N) is 2. The number of ether oxygens (including phenoxy) is 1. The van der Waals surface area contributed by atoms with Crippen molar-refractivity contribution in [2.45, 2.75) is 50.8 Å². The molecule has 3 amide bonds. The van der Waals surface area contributed by atoms with Gasteiger partial charge in [0, 0.05) is 32.6 Å². The first kappa shape index (κ1) is 28.7. The van der Waals surface area contributed by atoms with Crippen LogP contribution >= 0.6 is 0 Å². The molecule has 39 heavy (non-hydrogen) atoms. The first-order valence-electron chi connectivity index (χ1n) is 13.5. The summed E-state index contributed by atoms with van der Waals surface area (Å²) in [5.74, 6) is -0.925. The van der Waals surface area contributed by atoms with Gasteiger partial charge in [0.15, 0.2) is 0 Å². The third-order valence-electron chi connectivity index (χ3n) is 8.20. The van der Waals surface area contributed by atoms with Gasteiger partial charge in [0.05, 0.1) is 24.2 Å². The van der Waals surface area contributed by atoms with Crippen LogP contribution in [0.15, 0.2) is 54.6 Å². The topological polar surface area (TPSA) is 91.0 Å². The van der Waals surface area contributed by atoms with Crippen LogP contribution in [-0.2, 0) is 25.7 Å². The van der Waals surface area contributed by atoms with E-state index in [2.05, 4.69) is 10.6 Å². The Morgan fingerprint density at radius 1 is 1.15 bits per heavy atom. The Bertz CT molecular complexity index is 1170. The highest BCUT2D eigenvalue weighted by atomic mass is 19.1. The van der Waals surface area contributed by atoms with Crippen LogP contribution in [0.2, 0.25) is 0 Å². The number of carbonyl (C=O) groups excluding carboxylic acids is 3. The molecule has 2 fully saturated rings. The Balaban J connectivity index is 1.54. The second-order valence-corrected chi connectivity index (χ2v) is 11.2. The fourth-order valence-corrected chi connectivity index (χ4v) is 5.62. The highest BCUT2D eigenvalue weighted by molar-refractivity contribution is 5.93. The number of rotatable bonds is 9. The molecule has 2 aromatic carbocycles. The summed E-state index contributed by atoms with van der Waals surface area (Å²) in [6.45, 7) is 4.96. The molecule has 0 saturated carbocycles. The number of amides is 3. The molecule has 0 aromatic heterocycles. The zero-order valence-corrected chi connectivity index (χ0v) is 23.2. The fraction of sp³-hybridized carbons (Fsp3) is 0.500. The van der Waals surface area contributed by atoms with E-state index in [0.29, 0.717) is 25.9 Å². The van der Waals surface area contributed by atoms with Crippen LogP contribution in [0, 0.1) is 11.2 Å². The second kappa shape index (κ2) is 11.8. The van der Waals surface area contributed by atoms with Gasteiger partial charge in [-0.2, -0.15) is 0 Å². The van der Waals surface area contributed by atoms with Crippen LogP contribution in [0.25, 0.3) is 0 Å². The lowest BCUT2D eigenvalue weighted by atomic mass is 9.69. The van der Waals surface area contributed by atoms with E-state index in [1.165, 1.54) is 12.1 Å². The summed E-state index contributed by atoms with van der Waals surface area (Å²) in [6.07, 6.45) is 1.39. The molecule has 2 aliphatic rings. The molecule has 3 unspecified atom stereocenters. The van der Waals surface area contributed by atoms with Crippen molar-refractivity contribution < 1.29 is 23.5 Å². The minimum absolute atomic E-state index is 0.0298. The quantitative estimate of drug-likeness (QED) is 0.513. The van der Waals surface area contributed by atoms with Crippen LogP contribution in [0.1, 0.15) is 43.7 Å². The van der Waals surface area contributed by atoms with E-state index in [1.807, 2.05) is 37.4 Å². The molecule has 0 radical (unpaired) electrons. The Labute approximate surface area is 229 Å². The number of hydrogen-bond donors (Lipinski definition) is 2. The lowest BCUT2D eigenvalue weighted by Gasteiger charge is -2.43. The van der Waals surface area contributed by atoms with Gasteiger partial charge in [0.2, 0.25) is 17.7 Å². The number of likely N-dealkylation sites (N-methyl/N-ethyl adjacent to an activating group) is 2. The highest BCUT2D eigenvalue weighted by Crippen LogP contribution is 2.49. The van der Waals surface area contributed by atoms with Crippen molar-refractivity contribution in [3.05, 3.63) is 71.5 Å². The van der Waals surface area contributed by atoms with Crippen molar-refractivity contribution in [2.75, 3.05) is 40.3 Å². The molecule has 9 heteroatoms. The SMILES string of the molecule is CNC(C)(C)C(=O)NC(COCc1ccc(F)cc1)C(=O)N1CCCC2(C1)C(=O)N(C)CC2c1ccccc1. The molecule has 8 nitrogen and oxygen atoms in total. The van der Waals surface area contributed by atoms with Crippen LogP contribution in [0.5, 0.6) is 0 Å². The zero-order chi connectivity index (χ0) is 28.2. The minimum Gasteiger partial charge on any atom is -0.374 e. The van der Waals surface area contributed by atoms with Gasteiger partial charge in [-0.1, -0.05) is 42.5 Å². The average molecular weight is 539 g/mol. The second-order valence-electron chi connectivity index (χ2n) is 11.2.